The molecule has 0 bridgehead atoms. The minimum atomic E-state index is -0.304. The normalized spacial score (nSPS) is 13.8. The quantitative estimate of drug-likeness (QED) is 0.603. The average Bonchev–Trinajstić information content (AvgIpc) is 2.73. The number of carbonyl (C=O) groups excluding carboxylic acids is 2. The largest absolute Gasteiger partial charge is 0.482 e. The summed E-state index contributed by atoms with van der Waals surface area (Å²) in [6, 6.07) is 9.19. The van der Waals surface area contributed by atoms with Crippen molar-refractivity contribution in [3.8, 4) is 5.75 Å². The summed E-state index contributed by atoms with van der Waals surface area (Å²) in [5, 5.41) is 3.92. The molecule has 2 aromatic rings. The molecule has 0 aromatic heterocycles. The zero-order valence-electron chi connectivity index (χ0n) is 18.7. The van der Waals surface area contributed by atoms with E-state index in [1.807, 2.05) is 43.9 Å². The van der Waals surface area contributed by atoms with Crippen LogP contribution in [0.3, 0.4) is 0 Å². The van der Waals surface area contributed by atoms with Gasteiger partial charge >= 0.3 is 0 Å². The number of amides is 2. The number of aryl methyl sites for hydroxylation is 2. The fourth-order valence-electron chi connectivity index (χ4n) is 3.86. The smallest absolute Gasteiger partial charge is 0.262 e. The SMILES string of the molecule is CCCC(=O)N1CCN(c2ccc(Cl)cc2NC(=O)COc2c(C)cc(C)cc2Cl)CC1. The van der Waals surface area contributed by atoms with Crippen molar-refractivity contribution in [2.24, 2.45) is 0 Å². The van der Waals surface area contributed by atoms with Crippen molar-refractivity contribution in [1.29, 1.82) is 0 Å². The van der Waals surface area contributed by atoms with E-state index in [-0.39, 0.29) is 18.4 Å². The van der Waals surface area contributed by atoms with Gasteiger partial charge in [-0.3, -0.25) is 9.59 Å². The van der Waals surface area contributed by atoms with Crippen LogP contribution in [0, 0.1) is 13.8 Å². The Kier molecular flexibility index (Phi) is 8.26. The molecule has 8 heteroatoms. The van der Waals surface area contributed by atoms with Crippen molar-refractivity contribution in [2.45, 2.75) is 33.6 Å². The van der Waals surface area contributed by atoms with E-state index in [9.17, 15) is 9.59 Å². The number of rotatable bonds is 7. The lowest BCUT2D eigenvalue weighted by molar-refractivity contribution is -0.131. The van der Waals surface area contributed by atoms with Crippen LogP contribution in [-0.2, 0) is 9.59 Å². The molecule has 0 radical (unpaired) electrons. The van der Waals surface area contributed by atoms with Crippen molar-refractivity contribution < 1.29 is 14.3 Å². The summed E-state index contributed by atoms with van der Waals surface area (Å²) in [7, 11) is 0. The predicted octanol–water partition coefficient (Wildman–Crippen LogP) is 5.08. The van der Waals surface area contributed by atoms with Crippen LogP contribution in [0.2, 0.25) is 10.0 Å². The summed E-state index contributed by atoms with van der Waals surface area (Å²) < 4.78 is 5.70. The number of benzene rings is 2. The van der Waals surface area contributed by atoms with E-state index in [1.54, 1.807) is 12.1 Å². The molecule has 1 fully saturated rings. The highest BCUT2D eigenvalue weighted by Crippen LogP contribution is 2.31. The Hall–Kier alpha value is -2.44. The first-order valence-corrected chi connectivity index (χ1v) is 11.6. The van der Waals surface area contributed by atoms with Crippen LogP contribution >= 0.6 is 23.2 Å². The number of ether oxygens (including phenoxy) is 1. The van der Waals surface area contributed by atoms with Crippen LogP contribution < -0.4 is 15.0 Å². The monoisotopic (exact) mass is 477 g/mol. The van der Waals surface area contributed by atoms with Crippen molar-refractivity contribution in [3.05, 3.63) is 51.5 Å². The van der Waals surface area contributed by atoms with Gasteiger partial charge < -0.3 is 19.9 Å². The molecule has 32 heavy (non-hydrogen) atoms. The van der Waals surface area contributed by atoms with Crippen molar-refractivity contribution in [3.63, 3.8) is 0 Å². The van der Waals surface area contributed by atoms with E-state index in [2.05, 4.69) is 10.2 Å². The van der Waals surface area contributed by atoms with E-state index < -0.39 is 0 Å². The van der Waals surface area contributed by atoms with Gasteiger partial charge in [0.15, 0.2) is 6.61 Å². The number of anilines is 2. The lowest BCUT2D eigenvalue weighted by Crippen LogP contribution is -2.49. The zero-order chi connectivity index (χ0) is 23.3. The first kappa shape index (κ1) is 24.2. The molecule has 3 rings (SSSR count). The minimum absolute atomic E-state index is 0.172. The highest BCUT2D eigenvalue weighted by Gasteiger charge is 2.23. The number of hydrogen-bond donors (Lipinski definition) is 1. The Balaban J connectivity index is 1.65. The topological polar surface area (TPSA) is 61.9 Å². The molecular weight excluding hydrogens is 449 g/mol. The molecule has 172 valence electrons. The third-order valence-electron chi connectivity index (χ3n) is 5.39. The van der Waals surface area contributed by atoms with Crippen molar-refractivity contribution >= 4 is 46.4 Å². The average molecular weight is 478 g/mol. The molecule has 0 aliphatic carbocycles. The molecule has 0 saturated carbocycles. The predicted molar refractivity (Wildman–Crippen MR) is 130 cm³/mol. The van der Waals surface area contributed by atoms with E-state index in [0.717, 1.165) is 23.2 Å². The summed E-state index contributed by atoms with van der Waals surface area (Å²) >= 11 is 12.5. The summed E-state index contributed by atoms with van der Waals surface area (Å²) in [6.07, 6.45) is 1.43. The van der Waals surface area contributed by atoms with Crippen molar-refractivity contribution in [1.82, 2.24) is 4.90 Å². The maximum atomic E-state index is 12.6. The molecule has 0 atom stereocenters. The number of nitrogens with one attached hydrogen (secondary N) is 1. The lowest BCUT2D eigenvalue weighted by atomic mass is 10.1. The zero-order valence-corrected chi connectivity index (χ0v) is 20.2. The summed E-state index contributed by atoms with van der Waals surface area (Å²) in [4.78, 5) is 28.9. The number of carbonyl (C=O) groups is 2. The molecular formula is C24H29Cl2N3O3. The van der Waals surface area contributed by atoms with Gasteiger partial charge in [0, 0.05) is 37.6 Å². The van der Waals surface area contributed by atoms with Gasteiger partial charge in [0.2, 0.25) is 5.91 Å². The van der Waals surface area contributed by atoms with Gasteiger partial charge in [0.05, 0.1) is 16.4 Å². The number of piperazine rings is 1. The first-order valence-electron chi connectivity index (χ1n) is 10.8. The maximum absolute atomic E-state index is 12.6. The molecule has 1 heterocycles. The fraction of sp³-hybridized carbons (Fsp3) is 0.417. The first-order chi connectivity index (χ1) is 15.3. The summed E-state index contributed by atoms with van der Waals surface area (Å²) in [5.74, 6) is 0.395. The third kappa shape index (κ3) is 6.08. The van der Waals surface area contributed by atoms with E-state index >= 15 is 0 Å². The number of nitrogens with zero attached hydrogens (tertiary/aromatic N) is 2. The Labute approximate surface area is 199 Å². The van der Waals surface area contributed by atoms with Gasteiger partial charge in [-0.05, 0) is 55.7 Å². The van der Waals surface area contributed by atoms with Gasteiger partial charge in [-0.2, -0.15) is 0 Å². The van der Waals surface area contributed by atoms with Gasteiger partial charge in [-0.15, -0.1) is 0 Å². The highest BCUT2D eigenvalue weighted by atomic mass is 35.5. The van der Waals surface area contributed by atoms with Crippen LogP contribution in [0.25, 0.3) is 0 Å². The summed E-state index contributed by atoms with van der Waals surface area (Å²) in [5.41, 5.74) is 3.40. The Bertz CT molecular complexity index is 965. The standard InChI is InChI=1S/C24H29Cl2N3O3/c1-4-5-23(31)29-10-8-28(9-11-29)21-7-6-18(25)14-20(21)27-22(30)15-32-24-17(3)12-16(2)13-19(24)26/h6-7,12-14H,4-5,8-11,15H2,1-3H3,(H,27,30). The van der Waals surface area contributed by atoms with Crippen LogP contribution in [0.15, 0.2) is 30.3 Å². The molecule has 2 amide bonds. The maximum Gasteiger partial charge on any atom is 0.262 e. The fourth-order valence-corrected chi connectivity index (χ4v) is 4.41. The van der Waals surface area contributed by atoms with Gasteiger partial charge in [-0.1, -0.05) is 36.2 Å². The summed E-state index contributed by atoms with van der Waals surface area (Å²) in [6.45, 7) is 8.38. The van der Waals surface area contributed by atoms with E-state index in [0.29, 0.717) is 54.1 Å². The van der Waals surface area contributed by atoms with Crippen LogP contribution in [0.1, 0.15) is 30.9 Å². The van der Waals surface area contributed by atoms with Crippen LogP contribution in [0.5, 0.6) is 5.75 Å². The molecule has 0 unspecified atom stereocenters. The lowest BCUT2D eigenvalue weighted by Gasteiger charge is -2.37. The molecule has 2 aromatic carbocycles. The highest BCUT2D eigenvalue weighted by molar-refractivity contribution is 6.32. The molecule has 6 nitrogen and oxygen atoms in total. The third-order valence-corrected chi connectivity index (χ3v) is 5.91. The van der Waals surface area contributed by atoms with E-state index in [1.165, 1.54) is 0 Å². The van der Waals surface area contributed by atoms with E-state index in [4.69, 9.17) is 27.9 Å². The Morgan fingerprint density at radius 1 is 1.06 bits per heavy atom. The van der Waals surface area contributed by atoms with Crippen LogP contribution in [0.4, 0.5) is 11.4 Å². The second-order valence-electron chi connectivity index (χ2n) is 8.01. The van der Waals surface area contributed by atoms with Gasteiger partial charge in [0.1, 0.15) is 5.75 Å². The molecule has 1 N–H and O–H groups in total. The van der Waals surface area contributed by atoms with Crippen molar-refractivity contribution in [2.75, 3.05) is 43.0 Å². The Morgan fingerprint density at radius 3 is 2.44 bits per heavy atom. The molecule has 0 spiro atoms. The minimum Gasteiger partial charge on any atom is -0.482 e. The second-order valence-corrected chi connectivity index (χ2v) is 8.85. The number of halogens is 2. The Morgan fingerprint density at radius 2 is 1.78 bits per heavy atom. The second kappa shape index (κ2) is 10.9. The number of hydrogen-bond acceptors (Lipinski definition) is 4. The molecule has 1 saturated heterocycles. The van der Waals surface area contributed by atoms with Gasteiger partial charge in [-0.25, -0.2) is 0 Å². The van der Waals surface area contributed by atoms with Gasteiger partial charge in [0.25, 0.3) is 5.91 Å². The molecule has 1 aliphatic rings. The van der Waals surface area contributed by atoms with Crippen LogP contribution in [-0.4, -0.2) is 49.5 Å². The molecule has 1 aliphatic heterocycles.